The lowest BCUT2D eigenvalue weighted by Crippen LogP contribution is -2.40. The van der Waals surface area contributed by atoms with Gasteiger partial charge in [-0.05, 0) is 75.5 Å². The molecule has 38 heavy (non-hydrogen) atoms. The molecule has 1 aliphatic carbocycles. The maximum absolute atomic E-state index is 6.37. The average molecular weight is 524 g/mol. The van der Waals surface area contributed by atoms with Crippen molar-refractivity contribution < 1.29 is 18.9 Å². The van der Waals surface area contributed by atoms with Crippen molar-refractivity contribution in [2.45, 2.75) is 102 Å². The lowest BCUT2D eigenvalue weighted by atomic mass is 9.97. The SMILES string of the molecule is CCCCc1nnc(OC2CCN(CCC3OCCCO3)CC2)cc1-c1ccc(OC2CCCCC2)cc1. The molecular formula is C31H45N3O4. The Bertz CT molecular complexity index is 966. The minimum atomic E-state index is -0.0365. The number of benzene rings is 1. The van der Waals surface area contributed by atoms with Crippen LogP contribution in [0, 0.1) is 0 Å². The summed E-state index contributed by atoms with van der Waals surface area (Å²) in [7, 11) is 0. The Morgan fingerprint density at radius 1 is 0.868 bits per heavy atom. The summed E-state index contributed by atoms with van der Waals surface area (Å²) < 4.78 is 24.0. The van der Waals surface area contributed by atoms with E-state index < -0.39 is 0 Å². The molecule has 1 aromatic carbocycles. The maximum Gasteiger partial charge on any atom is 0.234 e. The first kappa shape index (κ1) is 27.4. The maximum atomic E-state index is 6.37. The van der Waals surface area contributed by atoms with Gasteiger partial charge < -0.3 is 23.8 Å². The fourth-order valence-electron chi connectivity index (χ4n) is 5.74. The van der Waals surface area contributed by atoms with Crippen molar-refractivity contribution >= 4 is 0 Å². The van der Waals surface area contributed by atoms with Gasteiger partial charge in [-0.1, -0.05) is 31.9 Å². The minimum absolute atomic E-state index is 0.0365. The van der Waals surface area contributed by atoms with Crippen LogP contribution in [0.15, 0.2) is 30.3 Å². The van der Waals surface area contributed by atoms with Crippen molar-refractivity contribution in [1.82, 2.24) is 15.1 Å². The van der Waals surface area contributed by atoms with Gasteiger partial charge in [-0.2, -0.15) is 5.10 Å². The summed E-state index contributed by atoms with van der Waals surface area (Å²) in [4.78, 5) is 2.49. The van der Waals surface area contributed by atoms with E-state index in [9.17, 15) is 0 Å². The molecule has 1 saturated carbocycles. The lowest BCUT2D eigenvalue weighted by Gasteiger charge is -2.33. The van der Waals surface area contributed by atoms with Gasteiger partial charge >= 0.3 is 0 Å². The van der Waals surface area contributed by atoms with E-state index in [0.29, 0.717) is 12.0 Å². The van der Waals surface area contributed by atoms with Crippen LogP contribution in [0.4, 0.5) is 0 Å². The van der Waals surface area contributed by atoms with Crippen LogP contribution in [0.2, 0.25) is 0 Å². The van der Waals surface area contributed by atoms with Crippen molar-refractivity contribution in [2.75, 3.05) is 32.8 Å². The Morgan fingerprint density at radius 3 is 2.34 bits per heavy atom. The monoisotopic (exact) mass is 523 g/mol. The lowest BCUT2D eigenvalue weighted by molar-refractivity contribution is -0.183. The van der Waals surface area contributed by atoms with Crippen LogP contribution in [0.25, 0.3) is 11.1 Å². The number of ether oxygens (including phenoxy) is 4. The van der Waals surface area contributed by atoms with Gasteiger partial charge in [0, 0.05) is 37.7 Å². The van der Waals surface area contributed by atoms with Gasteiger partial charge in [-0.3, -0.25) is 0 Å². The van der Waals surface area contributed by atoms with Gasteiger partial charge in [0.15, 0.2) is 6.29 Å². The number of aromatic nitrogens is 2. The highest BCUT2D eigenvalue weighted by Gasteiger charge is 2.23. The minimum Gasteiger partial charge on any atom is -0.490 e. The first-order valence-corrected chi connectivity index (χ1v) is 15.0. The van der Waals surface area contributed by atoms with Gasteiger partial charge in [-0.15, -0.1) is 5.10 Å². The Kier molecular flexibility index (Phi) is 10.3. The van der Waals surface area contributed by atoms with Crippen LogP contribution in [0.5, 0.6) is 11.6 Å². The Hall–Kier alpha value is -2.22. The molecule has 2 saturated heterocycles. The van der Waals surface area contributed by atoms with Crippen molar-refractivity contribution in [3.8, 4) is 22.8 Å². The largest absolute Gasteiger partial charge is 0.490 e. The highest BCUT2D eigenvalue weighted by molar-refractivity contribution is 5.67. The van der Waals surface area contributed by atoms with Crippen LogP contribution in [-0.4, -0.2) is 66.4 Å². The highest BCUT2D eigenvalue weighted by Crippen LogP contribution is 2.30. The van der Waals surface area contributed by atoms with Crippen LogP contribution >= 0.6 is 0 Å². The molecule has 5 rings (SSSR count). The smallest absolute Gasteiger partial charge is 0.234 e. The summed E-state index contributed by atoms with van der Waals surface area (Å²) in [6, 6.07) is 10.6. The summed E-state index contributed by atoms with van der Waals surface area (Å²) in [5.74, 6) is 1.59. The molecule has 0 N–H and O–H groups in total. The molecule has 3 fully saturated rings. The molecule has 2 aliphatic heterocycles. The molecule has 0 amide bonds. The van der Waals surface area contributed by atoms with E-state index in [4.69, 9.17) is 18.9 Å². The first-order valence-electron chi connectivity index (χ1n) is 15.0. The van der Waals surface area contributed by atoms with Gasteiger partial charge in [-0.25, -0.2) is 0 Å². The van der Waals surface area contributed by atoms with E-state index in [-0.39, 0.29) is 12.4 Å². The molecule has 0 unspecified atom stereocenters. The van der Waals surface area contributed by atoms with Crippen molar-refractivity contribution in [1.29, 1.82) is 0 Å². The number of aryl methyl sites for hydroxylation is 1. The average Bonchev–Trinajstić information content (AvgIpc) is 2.98. The zero-order chi connectivity index (χ0) is 26.0. The molecule has 7 nitrogen and oxygen atoms in total. The van der Waals surface area contributed by atoms with Crippen LogP contribution in [0.1, 0.15) is 83.2 Å². The zero-order valence-corrected chi connectivity index (χ0v) is 23.1. The summed E-state index contributed by atoms with van der Waals surface area (Å²) in [6.07, 6.45) is 13.8. The predicted octanol–water partition coefficient (Wildman–Crippen LogP) is 6.19. The quantitative estimate of drug-likeness (QED) is 0.348. The standard InChI is InChI=1S/C31H45N3O4/c1-2-3-10-29-28(24-11-13-26(14-12-24)37-25-8-5-4-6-9-25)23-30(33-32-29)38-27-15-18-34(19-16-27)20-17-31-35-21-7-22-36-31/h11-14,23,25,27,31H,2-10,15-22H2,1H3. The van der Waals surface area contributed by atoms with Gasteiger partial charge in [0.25, 0.3) is 0 Å². The van der Waals surface area contributed by atoms with E-state index in [1.54, 1.807) is 0 Å². The molecule has 0 spiro atoms. The van der Waals surface area contributed by atoms with E-state index >= 15 is 0 Å². The van der Waals surface area contributed by atoms with Gasteiger partial charge in [0.2, 0.25) is 5.88 Å². The molecule has 3 aliphatic rings. The highest BCUT2D eigenvalue weighted by atomic mass is 16.7. The number of rotatable bonds is 11. The second-order valence-electron chi connectivity index (χ2n) is 11.0. The summed E-state index contributed by atoms with van der Waals surface area (Å²) in [5.41, 5.74) is 3.31. The molecule has 7 heteroatoms. The van der Waals surface area contributed by atoms with Gasteiger partial charge in [0.05, 0.1) is 25.0 Å². The number of hydrogen-bond donors (Lipinski definition) is 0. The second kappa shape index (κ2) is 14.2. The van der Waals surface area contributed by atoms with E-state index in [2.05, 4.69) is 52.4 Å². The van der Waals surface area contributed by atoms with E-state index in [0.717, 1.165) is 100 Å². The van der Waals surface area contributed by atoms with Crippen molar-refractivity contribution in [3.63, 3.8) is 0 Å². The first-order chi connectivity index (χ1) is 18.8. The second-order valence-corrected chi connectivity index (χ2v) is 11.0. The zero-order valence-electron chi connectivity index (χ0n) is 23.1. The Balaban J connectivity index is 1.18. The number of likely N-dealkylation sites (tertiary alicyclic amines) is 1. The Morgan fingerprint density at radius 2 is 1.61 bits per heavy atom. The van der Waals surface area contributed by atoms with E-state index in [1.165, 1.54) is 32.1 Å². The summed E-state index contributed by atoms with van der Waals surface area (Å²) in [6.45, 7) is 6.90. The number of piperidine rings is 1. The summed E-state index contributed by atoms with van der Waals surface area (Å²) in [5, 5.41) is 9.11. The molecule has 208 valence electrons. The molecule has 3 heterocycles. The number of nitrogens with zero attached hydrogens (tertiary/aromatic N) is 3. The summed E-state index contributed by atoms with van der Waals surface area (Å²) >= 11 is 0. The third-order valence-electron chi connectivity index (χ3n) is 8.03. The molecule has 0 radical (unpaired) electrons. The fourth-order valence-corrected chi connectivity index (χ4v) is 5.74. The molecule has 1 aromatic heterocycles. The molecule has 0 bridgehead atoms. The van der Waals surface area contributed by atoms with E-state index in [1.807, 2.05) is 0 Å². The molecular weight excluding hydrogens is 478 g/mol. The Labute approximate surface area is 228 Å². The van der Waals surface area contributed by atoms with Crippen LogP contribution in [-0.2, 0) is 15.9 Å². The van der Waals surface area contributed by atoms with Crippen molar-refractivity contribution in [2.24, 2.45) is 0 Å². The fraction of sp³-hybridized carbons (Fsp3) is 0.677. The topological polar surface area (TPSA) is 65.9 Å². The third-order valence-corrected chi connectivity index (χ3v) is 8.03. The molecule has 2 aromatic rings. The third kappa shape index (κ3) is 7.90. The molecule has 0 atom stereocenters. The number of unbranched alkanes of at least 4 members (excludes halogenated alkanes) is 1. The van der Waals surface area contributed by atoms with Crippen LogP contribution < -0.4 is 9.47 Å². The van der Waals surface area contributed by atoms with Gasteiger partial charge in [0.1, 0.15) is 11.9 Å². The predicted molar refractivity (Wildman–Crippen MR) is 149 cm³/mol. The number of hydrogen-bond acceptors (Lipinski definition) is 7. The van der Waals surface area contributed by atoms with Crippen molar-refractivity contribution in [3.05, 3.63) is 36.0 Å². The van der Waals surface area contributed by atoms with Crippen LogP contribution in [0.3, 0.4) is 0 Å². The normalized spacial score (nSPS) is 20.4.